The summed E-state index contributed by atoms with van der Waals surface area (Å²) < 4.78 is 12.2. The van der Waals surface area contributed by atoms with Crippen molar-refractivity contribution < 1.29 is 13.9 Å². The largest absolute Gasteiger partial charge is 0.493 e. The van der Waals surface area contributed by atoms with Crippen LogP contribution in [0.3, 0.4) is 0 Å². The van der Waals surface area contributed by atoms with Crippen LogP contribution < -0.4 is 9.64 Å². The third-order valence-electron chi connectivity index (χ3n) is 5.31. The maximum atomic E-state index is 13.6. The number of carbonyl (C=O) groups excluding carboxylic acids is 1. The molecule has 31 heavy (non-hydrogen) atoms. The van der Waals surface area contributed by atoms with Crippen LogP contribution in [-0.2, 0) is 0 Å². The van der Waals surface area contributed by atoms with Gasteiger partial charge in [0, 0.05) is 18.5 Å². The zero-order valence-corrected chi connectivity index (χ0v) is 19.3. The molecule has 0 aliphatic rings. The number of para-hydroxylation sites is 2. The molecule has 0 radical (unpaired) electrons. The van der Waals surface area contributed by atoms with E-state index in [4.69, 9.17) is 20.8 Å². The second kappa shape index (κ2) is 9.26. The summed E-state index contributed by atoms with van der Waals surface area (Å²) in [6.45, 7) is 7.26. The maximum absolute atomic E-state index is 13.6. The zero-order valence-electron chi connectivity index (χ0n) is 17.7. The SMILES string of the molecule is CCN(CC)CCN(C(=O)c1cc2cccc(OC)c2o1)c1nc2c(Cl)cccc2s1. The van der Waals surface area contributed by atoms with E-state index in [1.165, 1.54) is 11.3 Å². The van der Waals surface area contributed by atoms with Gasteiger partial charge in [-0.2, -0.15) is 0 Å². The monoisotopic (exact) mass is 457 g/mol. The van der Waals surface area contributed by atoms with Crippen LogP contribution >= 0.6 is 22.9 Å². The Labute approximate surface area is 190 Å². The number of hydrogen-bond donors (Lipinski definition) is 0. The lowest BCUT2D eigenvalue weighted by Crippen LogP contribution is -2.38. The van der Waals surface area contributed by atoms with E-state index in [0.717, 1.165) is 29.7 Å². The van der Waals surface area contributed by atoms with E-state index < -0.39 is 0 Å². The number of aromatic nitrogens is 1. The normalized spacial score (nSPS) is 11.5. The Morgan fingerprint density at radius 2 is 1.94 bits per heavy atom. The highest BCUT2D eigenvalue weighted by Gasteiger charge is 2.25. The van der Waals surface area contributed by atoms with Gasteiger partial charge in [-0.3, -0.25) is 9.69 Å². The molecule has 4 aromatic rings. The highest BCUT2D eigenvalue weighted by molar-refractivity contribution is 7.22. The molecule has 0 aliphatic heterocycles. The molecule has 0 aliphatic carbocycles. The number of fused-ring (bicyclic) bond motifs is 2. The summed E-state index contributed by atoms with van der Waals surface area (Å²) in [5.41, 5.74) is 1.26. The van der Waals surface area contributed by atoms with Crippen LogP contribution in [0.5, 0.6) is 5.75 Å². The van der Waals surface area contributed by atoms with Gasteiger partial charge in [0.2, 0.25) is 0 Å². The molecule has 2 aromatic carbocycles. The average Bonchev–Trinajstić information content (AvgIpc) is 3.41. The first-order valence-electron chi connectivity index (χ1n) is 10.2. The molecule has 0 saturated heterocycles. The van der Waals surface area contributed by atoms with Crippen molar-refractivity contribution in [2.45, 2.75) is 13.8 Å². The number of anilines is 1. The summed E-state index contributed by atoms with van der Waals surface area (Å²) in [6, 6.07) is 13.0. The number of halogens is 1. The maximum Gasteiger partial charge on any atom is 0.295 e. The molecule has 0 atom stereocenters. The number of methoxy groups -OCH3 is 1. The predicted molar refractivity (Wildman–Crippen MR) is 127 cm³/mol. The Morgan fingerprint density at radius 3 is 2.65 bits per heavy atom. The third kappa shape index (κ3) is 4.26. The van der Waals surface area contributed by atoms with Crippen molar-refractivity contribution >= 4 is 55.2 Å². The number of ether oxygens (including phenoxy) is 1. The molecule has 8 heteroatoms. The number of furan rings is 1. The molecular weight excluding hydrogens is 434 g/mol. The fourth-order valence-electron chi connectivity index (χ4n) is 3.52. The van der Waals surface area contributed by atoms with Crippen molar-refractivity contribution in [3.05, 3.63) is 53.2 Å². The van der Waals surface area contributed by atoms with Crippen LogP contribution in [0.15, 0.2) is 46.9 Å². The molecule has 2 heterocycles. The summed E-state index contributed by atoms with van der Waals surface area (Å²) in [6.07, 6.45) is 0. The fraction of sp³-hybridized carbons (Fsp3) is 0.304. The molecule has 1 amide bonds. The van der Waals surface area contributed by atoms with Crippen LogP contribution in [0.2, 0.25) is 5.02 Å². The second-order valence-electron chi connectivity index (χ2n) is 7.06. The van der Waals surface area contributed by atoms with Crippen molar-refractivity contribution in [1.82, 2.24) is 9.88 Å². The molecule has 2 aromatic heterocycles. The molecule has 6 nitrogen and oxygen atoms in total. The number of carbonyl (C=O) groups is 1. The number of rotatable bonds is 8. The first kappa shape index (κ1) is 21.6. The van der Waals surface area contributed by atoms with Gasteiger partial charge in [0.1, 0.15) is 5.52 Å². The molecule has 162 valence electrons. The summed E-state index contributed by atoms with van der Waals surface area (Å²) >= 11 is 7.78. The van der Waals surface area contributed by atoms with Crippen molar-refractivity contribution in [1.29, 1.82) is 0 Å². The number of hydrogen-bond acceptors (Lipinski definition) is 6. The quantitative estimate of drug-likeness (QED) is 0.340. The Kier molecular flexibility index (Phi) is 6.46. The summed E-state index contributed by atoms with van der Waals surface area (Å²) in [4.78, 5) is 22.2. The van der Waals surface area contributed by atoms with Crippen LogP contribution in [0.4, 0.5) is 5.13 Å². The van der Waals surface area contributed by atoms with E-state index in [-0.39, 0.29) is 11.7 Å². The van der Waals surface area contributed by atoms with Crippen molar-refractivity contribution in [3.8, 4) is 5.75 Å². The molecular formula is C23H24ClN3O3S. The summed E-state index contributed by atoms with van der Waals surface area (Å²) in [5.74, 6) is 0.614. The summed E-state index contributed by atoms with van der Waals surface area (Å²) in [5, 5.41) is 2.00. The van der Waals surface area contributed by atoms with Gasteiger partial charge in [0.25, 0.3) is 5.91 Å². The number of amides is 1. The van der Waals surface area contributed by atoms with E-state index >= 15 is 0 Å². The van der Waals surface area contributed by atoms with Crippen molar-refractivity contribution in [2.75, 3.05) is 38.2 Å². The topological polar surface area (TPSA) is 58.8 Å². The molecule has 4 rings (SSSR count). The van der Waals surface area contributed by atoms with E-state index in [1.807, 2.05) is 30.3 Å². The van der Waals surface area contributed by atoms with Gasteiger partial charge in [-0.25, -0.2) is 4.98 Å². The highest BCUT2D eigenvalue weighted by Crippen LogP contribution is 2.34. The minimum absolute atomic E-state index is 0.236. The van der Waals surface area contributed by atoms with Gasteiger partial charge in [-0.05, 0) is 37.4 Å². The van der Waals surface area contributed by atoms with E-state index in [0.29, 0.717) is 33.5 Å². The lowest BCUT2D eigenvalue weighted by Gasteiger charge is -2.24. The first-order chi connectivity index (χ1) is 15.0. The van der Waals surface area contributed by atoms with Gasteiger partial charge in [-0.1, -0.05) is 55.0 Å². The van der Waals surface area contributed by atoms with Crippen LogP contribution in [-0.4, -0.2) is 49.1 Å². The van der Waals surface area contributed by atoms with Gasteiger partial charge in [-0.15, -0.1) is 0 Å². The molecule has 0 unspecified atom stereocenters. The van der Waals surface area contributed by atoms with Crippen molar-refractivity contribution in [3.63, 3.8) is 0 Å². The highest BCUT2D eigenvalue weighted by atomic mass is 35.5. The fourth-order valence-corrected chi connectivity index (χ4v) is 4.81. The first-order valence-corrected chi connectivity index (χ1v) is 11.4. The number of likely N-dealkylation sites (N-methyl/N-ethyl adjacent to an activating group) is 1. The third-order valence-corrected chi connectivity index (χ3v) is 6.66. The van der Waals surface area contributed by atoms with E-state index in [1.54, 1.807) is 24.1 Å². The minimum Gasteiger partial charge on any atom is -0.493 e. The molecule has 0 spiro atoms. The molecule has 0 bridgehead atoms. The smallest absolute Gasteiger partial charge is 0.295 e. The van der Waals surface area contributed by atoms with Crippen LogP contribution in [0.25, 0.3) is 21.2 Å². The predicted octanol–water partition coefficient (Wildman–Crippen LogP) is 5.69. The van der Waals surface area contributed by atoms with E-state index in [9.17, 15) is 4.79 Å². The lowest BCUT2D eigenvalue weighted by atomic mass is 10.2. The molecule has 0 saturated carbocycles. The minimum atomic E-state index is -0.236. The zero-order chi connectivity index (χ0) is 22.0. The van der Waals surface area contributed by atoms with Gasteiger partial charge in [0.05, 0.1) is 16.8 Å². The average molecular weight is 458 g/mol. The Bertz CT molecular complexity index is 1220. The van der Waals surface area contributed by atoms with Crippen LogP contribution in [0, 0.1) is 0 Å². The Hall–Kier alpha value is -2.61. The summed E-state index contributed by atoms with van der Waals surface area (Å²) in [7, 11) is 1.58. The van der Waals surface area contributed by atoms with E-state index in [2.05, 4.69) is 23.7 Å². The van der Waals surface area contributed by atoms with Crippen molar-refractivity contribution in [2.24, 2.45) is 0 Å². The number of nitrogens with zero attached hydrogens (tertiary/aromatic N) is 3. The van der Waals surface area contributed by atoms with Gasteiger partial charge in [0.15, 0.2) is 22.2 Å². The van der Waals surface area contributed by atoms with Gasteiger partial charge < -0.3 is 14.1 Å². The molecule has 0 N–H and O–H groups in total. The van der Waals surface area contributed by atoms with Crippen LogP contribution in [0.1, 0.15) is 24.4 Å². The van der Waals surface area contributed by atoms with Gasteiger partial charge >= 0.3 is 0 Å². The second-order valence-corrected chi connectivity index (χ2v) is 8.47. The Morgan fingerprint density at radius 1 is 1.16 bits per heavy atom. The molecule has 0 fully saturated rings. The number of benzene rings is 2. The lowest BCUT2D eigenvalue weighted by molar-refractivity contribution is 0.0959. The Balaban J connectivity index is 1.74. The standard InChI is InChI=1S/C23H24ClN3O3S/c1-4-26(5-2)12-13-27(23-25-20-16(24)9-7-11-19(20)31-23)22(28)18-14-15-8-6-10-17(29-3)21(15)30-18/h6-11,14H,4-5,12-13H2,1-3H3. The number of thiazole rings is 1.